The van der Waals surface area contributed by atoms with E-state index in [1.807, 2.05) is 177 Å². The minimum Gasteiger partial charge on any atom is -0.264 e. The molecule has 0 radical (unpaired) electrons. The Morgan fingerprint density at radius 3 is 0.784 bits per heavy atom. The van der Waals surface area contributed by atoms with Crippen LogP contribution in [0.2, 0.25) is 0 Å². The predicted molar refractivity (Wildman–Crippen MR) is 518 cm³/mol. The minimum atomic E-state index is 0.968. The average molecular weight is 1610 g/mol. The van der Waals surface area contributed by atoms with E-state index in [2.05, 4.69) is 346 Å². The monoisotopic (exact) mass is 1610 g/mol. The van der Waals surface area contributed by atoms with Crippen LogP contribution in [0.15, 0.2) is 463 Å². The smallest absolute Gasteiger partial charge is 0.0708 e. The molecular weight excluding hydrogens is 1520 g/mol. The van der Waals surface area contributed by atoms with Crippen molar-refractivity contribution < 1.29 is 0 Å². The Bertz CT molecular complexity index is 6290. The van der Waals surface area contributed by atoms with E-state index in [1.54, 1.807) is 18.6 Å². The molecule has 0 amide bonds. The fourth-order valence-electron chi connectivity index (χ4n) is 15.6. The van der Waals surface area contributed by atoms with Crippen molar-refractivity contribution in [2.45, 2.75) is 34.6 Å². The van der Waals surface area contributed by atoms with Gasteiger partial charge in [0.2, 0.25) is 0 Å². The Morgan fingerprint density at radius 2 is 0.408 bits per heavy atom. The molecule has 9 heteroatoms. The van der Waals surface area contributed by atoms with Gasteiger partial charge in [-0.1, -0.05) is 231 Å². The summed E-state index contributed by atoms with van der Waals surface area (Å²) in [4.78, 5) is 39.8. The molecular formula is C116H91N9. The van der Waals surface area contributed by atoms with Crippen molar-refractivity contribution in [3.63, 3.8) is 0 Å². The van der Waals surface area contributed by atoms with E-state index >= 15 is 0 Å². The zero-order chi connectivity index (χ0) is 85.3. The molecule has 0 unspecified atom stereocenters. The molecule has 0 bridgehead atoms. The van der Waals surface area contributed by atoms with Gasteiger partial charge in [-0.25, -0.2) is 0 Å². The minimum absolute atomic E-state index is 0.968. The molecule has 125 heavy (non-hydrogen) atoms. The van der Waals surface area contributed by atoms with Crippen LogP contribution < -0.4 is 0 Å². The van der Waals surface area contributed by atoms with Crippen molar-refractivity contribution in [3.8, 4) is 168 Å². The lowest BCUT2D eigenvalue weighted by molar-refractivity contribution is 1.29. The summed E-state index contributed by atoms with van der Waals surface area (Å²) in [6, 6.07) is 132. The number of benzene rings is 11. The van der Waals surface area contributed by atoms with Crippen LogP contribution in [0.4, 0.5) is 0 Å². The number of pyridine rings is 9. The zero-order valence-corrected chi connectivity index (χ0v) is 70.4. The molecule has 0 spiro atoms. The van der Waals surface area contributed by atoms with Gasteiger partial charge in [0.25, 0.3) is 0 Å². The first-order valence-corrected chi connectivity index (χ1v) is 41.9. The highest BCUT2D eigenvalue weighted by Crippen LogP contribution is 2.42. The number of rotatable bonds is 15. The molecule has 9 nitrogen and oxygen atoms in total. The van der Waals surface area contributed by atoms with Gasteiger partial charge in [-0.3, -0.25) is 44.9 Å². The Hall–Kier alpha value is -16.2. The van der Waals surface area contributed by atoms with Gasteiger partial charge in [0.15, 0.2) is 0 Å². The highest BCUT2D eigenvalue weighted by molar-refractivity contribution is 5.90. The zero-order valence-electron chi connectivity index (χ0n) is 70.4. The molecule has 20 aromatic rings. The maximum Gasteiger partial charge on any atom is 0.0708 e. The second-order valence-electron chi connectivity index (χ2n) is 30.3. The number of aromatic nitrogens is 9. The number of nitrogens with zero attached hydrogens (tertiary/aromatic N) is 9. The van der Waals surface area contributed by atoms with Crippen molar-refractivity contribution in [1.82, 2.24) is 44.9 Å². The summed E-state index contributed by atoms with van der Waals surface area (Å²) < 4.78 is 0. The molecule has 0 saturated heterocycles. The van der Waals surface area contributed by atoms with E-state index < -0.39 is 0 Å². The quantitative estimate of drug-likeness (QED) is 0.0989. The standard InChI is InChI=1S/C24H19N.4C23H18N2/c1-18-16-22(20-12-6-3-7-13-20)23(24-14-8-9-15-25-24)17-21(18)19-10-4-2-5-11-19;1-17-8-2-3-9-21(17)18-14-19(22-10-4-6-12-24-22)16-20(15-18)23-11-5-7-13-25-23;1-17-6-2-3-9-23(17)22-13-20(18-7-4-10-24-15-18)12-21(14-22)19-8-5-11-25-16-19;1-17-20(18-9-3-2-4-10-18)15-19(22-11-5-7-13-24-22)16-21(17)23-12-6-8-14-25-23;1-17-22(18-7-3-2-4-8-18)13-21(19-9-5-11-24-15-19)14-23(17)20-10-6-12-25-16-20/h2-17H,1H3;4*2-16H,1H3. The second kappa shape index (κ2) is 40.7. The van der Waals surface area contributed by atoms with Crippen LogP contribution >= 0.6 is 0 Å². The summed E-state index contributed by atoms with van der Waals surface area (Å²) in [6.07, 6.45) is 24.0. The van der Waals surface area contributed by atoms with Crippen molar-refractivity contribution in [3.05, 3.63) is 491 Å². The highest BCUT2D eigenvalue weighted by Gasteiger charge is 2.19. The van der Waals surface area contributed by atoms with Gasteiger partial charge < -0.3 is 0 Å². The molecule has 20 rings (SSSR count). The van der Waals surface area contributed by atoms with Crippen LogP contribution in [0.1, 0.15) is 27.8 Å². The lowest BCUT2D eigenvalue weighted by Gasteiger charge is -2.15. The Kier molecular flexibility index (Phi) is 26.8. The Morgan fingerprint density at radius 1 is 0.136 bits per heavy atom. The fraction of sp³-hybridized carbons (Fsp3) is 0.0431. The molecule has 11 aromatic carbocycles. The molecule has 9 heterocycles. The lowest BCUT2D eigenvalue weighted by atomic mass is 9.89. The van der Waals surface area contributed by atoms with Crippen molar-refractivity contribution in [2.24, 2.45) is 0 Å². The third-order valence-corrected chi connectivity index (χ3v) is 22.0. The van der Waals surface area contributed by atoms with Crippen LogP contribution in [-0.4, -0.2) is 44.9 Å². The van der Waals surface area contributed by atoms with Crippen LogP contribution in [0, 0.1) is 34.6 Å². The average Bonchev–Trinajstić information content (AvgIpc) is 0.974. The van der Waals surface area contributed by atoms with Gasteiger partial charge in [-0.05, 0) is 303 Å². The summed E-state index contributed by atoms with van der Waals surface area (Å²) in [5.74, 6) is 0. The first-order valence-electron chi connectivity index (χ1n) is 41.9. The molecule has 0 aliphatic heterocycles. The van der Waals surface area contributed by atoms with Gasteiger partial charge in [0.1, 0.15) is 0 Å². The lowest BCUT2D eigenvalue weighted by Crippen LogP contribution is -1.93. The molecule has 9 aromatic heterocycles. The molecule has 0 fully saturated rings. The van der Waals surface area contributed by atoms with Gasteiger partial charge >= 0.3 is 0 Å². The van der Waals surface area contributed by atoms with E-state index in [0.29, 0.717) is 0 Å². The van der Waals surface area contributed by atoms with Crippen LogP contribution in [0.3, 0.4) is 0 Å². The van der Waals surface area contributed by atoms with Crippen LogP contribution in [-0.2, 0) is 0 Å². The van der Waals surface area contributed by atoms with E-state index in [0.717, 1.165) is 95.2 Å². The number of aryl methyl sites for hydroxylation is 3. The fourth-order valence-corrected chi connectivity index (χ4v) is 15.6. The summed E-state index contributed by atoms with van der Waals surface area (Å²) in [5.41, 5.74) is 40.6. The molecule has 0 N–H and O–H groups in total. The first kappa shape index (κ1) is 82.5. The molecule has 600 valence electrons. The Balaban J connectivity index is 0.000000115. The predicted octanol–water partition coefficient (Wildman–Crippen LogP) is 29.5. The van der Waals surface area contributed by atoms with E-state index in [1.165, 1.54) is 100 Å². The van der Waals surface area contributed by atoms with E-state index in [4.69, 9.17) is 0 Å². The largest absolute Gasteiger partial charge is 0.264 e. The van der Waals surface area contributed by atoms with Crippen LogP contribution in [0.5, 0.6) is 0 Å². The van der Waals surface area contributed by atoms with Crippen molar-refractivity contribution >= 4 is 0 Å². The highest BCUT2D eigenvalue weighted by atomic mass is 14.7. The SMILES string of the molecule is Cc1c(-c2ccccc2)cc(-c2ccccn2)cc1-c1ccccn1.Cc1c(-c2ccccc2)cc(-c2cccnc2)cc1-c1cccnc1.Cc1cc(-c2ccccc2)c(-c2ccccn2)cc1-c1ccccc1.Cc1ccccc1-c1cc(-c2ccccn2)cc(-c2ccccn2)c1.Cc1ccccc1-c1cc(-c2cccnc2)cc(-c2cccnc2)c1. The van der Waals surface area contributed by atoms with E-state index in [-0.39, 0.29) is 0 Å². The van der Waals surface area contributed by atoms with Gasteiger partial charge in [-0.15, -0.1) is 0 Å². The summed E-state index contributed by atoms with van der Waals surface area (Å²) >= 11 is 0. The summed E-state index contributed by atoms with van der Waals surface area (Å²) in [6.45, 7) is 10.8. The van der Waals surface area contributed by atoms with Crippen LogP contribution in [0.25, 0.3) is 168 Å². The van der Waals surface area contributed by atoms with Crippen molar-refractivity contribution in [1.29, 1.82) is 0 Å². The van der Waals surface area contributed by atoms with Crippen molar-refractivity contribution in [2.75, 3.05) is 0 Å². The van der Waals surface area contributed by atoms with E-state index in [9.17, 15) is 0 Å². The number of hydrogen-bond donors (Lipinski definition) is 0. The molecule has 0 aliphatic carbocycles. The molecule has 0 aliphatic rings. The normalized spacial score (nSPS) is 10.6. The maximum absolute atomic E-state index is 4.60. The Labute approximate surface area is 732 Å². The molecule has 0 saturated carbocycles. The summed E-state index contributed by atoms with van der Waals surface area (Å²) in [5, 5.41) is 0. The van der Waals surface area contributed by atoms with Gasteiger partial charge in [-0.2, -0.15) is 0 Å². The van der Waals surface area contributed by atoms with Gasteiger partial charge in [0, 0.05) is 131 Å². The third-order valence-electron chi connectivity index (χ3n) is 22.0. The first-order chi connectivity index (χ1) is 61.6. The number of hydrogen-bond acceptors (Lipinski definition) is 9. The topological polar surface area (TPSA) is 116 Å². The van der Waals surface area contributed by atoms with Gasteiger partial charge in [0.05, 0.1) is 28.5 Å². The summed E-state index contributed by atoms with van der Waals surface area (Å²) in [7, 11) is 0. The third kappa shape index (κ3) is 20.6. The maximum atomic E-state index is 4.60. The second-order valence-corrected chi connectivity index (χ2v) is 30.3. The molecule has 0 atom stereocenters.